The molecule has 3 N–H and O–H groups in total. The van der Waals surface area contributed by atoms with Crippen molar-refractivity contribution >= 4 is 5.69 Å². The smallest absolute Gasteiger partial charge is 0.119 e. The zero-order valence-corrected chi connectivity index (χ0v) is 9.49. The first-order valence-electron chi connectivity index (χ1n) is 5.45. The van der Waals surface area contributed by atoms with Crippen LogP contribution < -0.4 is 15.8 Å². The summed E-state index contributed by atoms with van der Waals surface area (Å²) < 4.78 is 5.39. The molecule has 1 rings (SSSR count). The molecule has 15 heavy (non-hydrogen) atoms. The van der Waals surface area contributed by atoms with Crippen LogP contribution in [0.25, 0.3) is 0 Å². The van der Waals surface area contributed by atoms with Gasteiger partial charge in [0, 0.05) is 18.3 Å². The first-order chi connectivity index (χ1) is 7.26. The second kappa shape index (κ2) is 6.30. The van der Waals surface area contributed by atoms with Gasteiger partial charge in [0.2, 0.25) is 0 Å². The maximum Gasteiger partial charge on any atom is 0.119 e. The van der Waals surface area contributed by atoms with Crippen molar-refractivity contribution in [3.63, 3.8) is 0 Å². The molecule has 0 amide bonds. The summed E-state index contributed by atoms with van der Waals surface area (Å²) in [6, 6.07) is 8.47. The molecule has 0 heterocycles. The van der Waals surface area contributed by atoms with E-state index in [0.717, 1.165) is 17.9 Å². The monoisotopic (exact) mass is 208 g/mol. The van der Waals surface area contributed by atoms with Gasteiger partial charge in [-0.1, -0.05) is 6.92 Å². The lowest BCUT2D eigenvalue weighted by Gasteiger charge is -2.13. The molecular formula is C12H20N2O. The Bertz CT molecular complexity index is 271. The van der Waals surface area contributed by atoms with Gasteiger partial charge >= 0.3 is 0 Å². The van der Waals surface area contributed by atoms with Crippen LogP contribution in [0, 0.1) is 0 Å². The van der Waals surface area contributed by atoms with Gasteiger partial charge < -0.3 is 15.8 Å². The van der Waals surface area contributed by atoms with Crippen LogP contribution in [0.1, 0.15) is 20.3 Å². The normalized spacial score (nSPS) is 12.2. The van der Waals surface area contributed by atoms with E-state index < -0.39 is 0 Å². The average molecular weight is 208 g/mol. The second-order valence-corrected chi connectivity index (χ2v) is 3.62. The molecule has 1 aromatic carbocycles. The van der Waals surface area contributed by atoms with Gasteiger partial charge in [-0.05, 0) is 37.6 Å². The van der Waals surface area contributed by atoms with Crippen LogP contribution in [-0.4, -0.2) is 19.2 Å². The molecule has 3 heteroatoms. The third-order valence-corrected chi connectivity index (χ3v) is 2.27. The summed E-state index contributed by atoms with van der Waals surface area (Å²) in [4.78, 5) is 0. The Kier molecular flexibility index (Phi) is 4.98. The lowest BCUT2D eigenvalue weighted by atomic mass is 10.2. The van der Waals surface area contributed by atoms with Crippen LogP contribution in [0.3, 0.4) is 0 Å². The molecule has 0 bridgehead atoms. The van der Waals surface area contributed by atoms with Crippen molar-refractivity contribution < 1.29 is 4.74 Å². The van der Waals surface area contributed by atoms with Crippen molar-refractivity contribution in [2.75, 3.05) is 18.5 Å². The fourth-order valence-electron chi connectivity index (χ4n) is 1.21. The number of ether oxygens (including phenoxy) is 1. The Morgan fingerprint density at radius 1 is 1.33 bits per heavy atom. The van der Waals surface area contributed by atoms with Crippen LogP contribution in [0.2, 0.25) is 0 Å². The van der Waals surface area contributed by atoms with Crippen molar-refractivity contribution in [3.05, 3.63) is 24.3 Å². The molecule has 1 unspecified atom stereocenters. The Balaban J connectivity index is 2.48. The number of nitrogens with two attached hydrogens (primary N) is 1. The highest BCUT2D eigenvalue weighted by atomic mass is 16.5. The lowest BCUT2D eigenvalue weighted by molar-refractivity contribution is 0.328. The molecule has 1 aromatic rings. The molecule has 0 fully saturated rings. The molecule has 0 spiro atoms. The Hall–Kier alpha value is -1.22. The van der Waals surface area contributed by atoms with Crippen LogP contribution in [0.15, 0.2) is 24.3 Å². The van der Waals surface area contributed by atoms with E-state index in [0.29, 0.717) is 19.2 Å². The van der Waals surface area contributed by atoms with E-state index in [1.807, 2.05) is 24.3 Å². The Labute approximate surface area is 91.6 Å². The van der Waals surface area contributed by atoms with E-state index in [1.54, 1.807) is 0 Å². The molecular weight excluding hydrogens is 188 g/mol. The second-order valence-electron chi connectivity index (χ2n) is 3.62. The van der Waals surface area contributed by atoms with E-state index in [2.05, 4.69) is 19.2 Å². The number of benzene rings is 1. The predicted octanol–water partition coefficient (Wildman–Crippen LogP) is 2.23. The third kappa shape index (κ3) is 4.21. The molecule has 0 aliphatic carbocycles. The first-order valence-corrected chi connectivity index (χ1v) is 5.45. The number of hydrogen-bond acceptors (Lipinski definition) is 3. The maximum absolute atomic E-state index is 5.39. The lowest BCUT2D eigenvalue weighted by Crippen LogP contribution is -2.13. The number of nitrogens with one attached hydrogen (secondary N) is 1. The Morgan fingerprint density at radius 3 is 2.53 bits per heavy atom. The van der Waals surface area contributed by atoms with Crippen molar-refractivity contribution in [1.82, 2.24) is 0 Å². The van der Waals surface area contributed by atoms with Crippen molar-refractivity contribution in [3.8, 4) is 5.75 Å². The molecule has 0 radical (unpaired) electrons. The van der Waals surface area contributed by atoms with Crippen molar-refractivity contribution in [2.24, 2.45) is 5.73 Å². The zero-order valence-electron chi connectivity index (χ0n) is 9.49. The van der Waals surface area contributed by atoms with Gasteiger partial charge in [0.25, 0.3) is 0 Å². The quantitative estimate of drug-likeness (QED) is 0.753. The number of hydrogen-bond donors (Lipinski definition) is 2. The molecule has 1 atom stereocenters. The predicted molar refractivity (Wildman–Crippen MR) is 64.4 cm³/mol. The van der Waals surface area contributed by atoms with Crippen LogP contribution in [-0.2, 0) is 0 Å². The van der Waals surface area contributed by atoms with E-state index in [-0.39, 0.29) is 0 Å². The highest BCUT2D eigenvalue weighted by molar-refractivity contribution is 5.46. The van der Waals surface area contributed by atoms with Crippen LogP contribution in [0.5, 0.6) is 5.75 Å². The average Bonchev–Trinajstić information content (AvgIpc) is 2.28. The summed E-state index contributed by atoms with van der Waals surface area (Å²) in [6.07, 6.45) is 1.12. The van der Waals surface area contributed by atoms with E-state index in [4.69, 9.17) is 10.5 Å². The highest BCUT2D eigenvalue weighted by Gasteiger charge is 1.98. The molecule has 0 saturated heterocycles. The molecule has 0 aliphatic rings. The topological polar surface area (TPSA) is 47.3 Å². The number of rotatable bonds is 6. The molecule has 84 valence electrons. The van der Waals surface area contributed by atoms with Gasteiger partial charge in [-0.25, -0.2) is 0 Å². The first kappa shape index (κ1) is 11.9. The van der Waals surface area contributed by atoms with Crippen LogP contribution >= 0.6 is 0 Å². The zero-order chi connectivity index (χ0) is 11.1. The molecule has 3 nitrogen and oxygen atoms in total. The summed E-state index contributed by atoms with van der Waals surface area (Å²) in [6.45, 7) is 5.44. The van der Waals surface area contributed by atoms with E-state index in [9.17, 15) is 0 Å². The summed E-state index contributed by atoms with van der Waals surface area (Å²) in [5.74, 6) is 0.871. The minimum absolute atomic E-state index is 0.501. The van der Waals surface area contributed by atoms with Gasteiger partial charge in [-0.2, -0.15) is 0 Å². The van der Waals surface area contributed by atoms with E-state index >= 15 is 0 Å². The summed E-state index contributed by atoms with van der Waals surface area (Å²) in [5, 5.41) is 3.39. The molecule has 0 aromatic heterocycles. The number of anilines is 1. The summed E-state index contributed by atoms with van der Waals surface area (Å²) in [5.41, 5.74) is 6.48. The largest absolute Gasteiger partial charge is 0.492 e. The van der Waals surface area contributed by atoms with Gasteiger partial charge in [-0.3, -0.25) is 0 Å². The third-order valence-electron chi connectivity index (χ3n) is 2.27. The fraction of sp³-hybridized carbons (Fsp3) is 0.500. The van der Waals surface area contributed by atoms with Gasteiger partial charge in [-0.15, -0.1) is 0 Å². The van der Waals surface area contributed by atoms with Gasteiger partial charge in [0.1, 0.15) is 12.4 Å². The van der Waals surface area contributed by atoms with Crippen LogP contribution in [0.4, 0.5) is 5.69 Å². The van der Waals surface area contributed by atoms with E-state index in [1.165, 1.54) is 0 Å². The molecule has 0 saturated carbocycles. The van der Waals surface area contributed by atoms with Crippen molar-refractivity contribution in [2.45, 2.75) is 26.3 Å². The SMILES string of the molecule is CCC(C)Nc1ccc(OCCN)cc1. The molecule has 0 aliphatic heterocycles. The van der Waals surface area contributed by atoms with Gasteiger partial charge in [0.05, 0.1) is 0 Å². The standard InChI is InChI=1S/C12H20N2O/c1-3-10(2)14-11-4-6-12(7-5-11)15-9-8-13/h4-7,10,14H,3,8-9,13H2,1-2H3. The summed E-state index contributed by atoms with van der Waals surface area (Å²) in [7, 11) is 0. The summed E-state index contributed by atoms with van der Waals surface area (Å²) >= 11 is 0. The Morgan fingerprint density at radius 2 is 2.00 bits per heavy atom. The van der Waals surface area contributed by atoms with Crippen molar-refractivity contribution in [1.29, 1.82) is 0 Å². The minimum Gasteiger partial charge on any atom is -0.492 e. The maximum atomic E-state index is 5.39. The highest BCUT2D eigenvalue weighted by Crippen LogP contribution is 2.16. The van der Waals surface area contributed by atoms with Gasteiger partial charge in [0.15, 0.2) is 0 Å². The fourth-order valence-corrected chi connectivity index (χ4v) is 1.21. The minimum atomic E-state index is 0.501.